The first-order chi connectivity index (χ1) is 6.11. The number of rotatable bonds is 3. The molecule has 2 heteroatoms. The highest BCUT2D eigenvalue weighted by molar-refractivity contribution is 5.20. The van der Waals surface area contributed by atoms with Crippen LogP contribution in [0.3, 0.4) is 0 Å². The Hall–Kier alpha value is -0.890. The van der Waals surface area contributed by atoms with Crippen molar-refractivity contribution in [2.24, 2.45) is 0 Å². The molecule has 1 atom stereocenters. The Morgan fingerprint density at radius 3 is 2.31 bits per heavy atom. The van der Waals surface area contributed by atoms with Gasteiger partial charge >= 0.3 is 0 Å². The SMILES string of the molecule is CC(C)N[C@H](C)c1ccccc1F. The van der Waals surface area contributed by atoms with Crippen LogP contribution in [0.1, 0.15) is 32.4 Å². The van der Waals surface area contributed by atoms with Crippen LogP contribution in [0.5, 0.6) is 0 Å². The van der Waals surface area contributed by atoms with Gasteiger partial charge in [0.1, 0.15) is 5.82 Å². The minimum Gasteiger partial charge on any atom is -0.308 e. The lowest BCUT2D eigenvalue weighted by atomic mass is 10.1. The van der Waals surface area contributed by atoms with Crippen molar-refractivity contribution < 1.29 is 4.39 Å². The molecule has 0 unspecified atom stereocenters. The lowest BCUT2D eigenvalue weighted by Crippen LogP contribution is -2.26. The lowest BCUT2D eigenvalue weighted by molar-refractivity contribution is 0.483. The number of hydrogen-bond acceptors (Lipinski definition) is 1. The van der Waals surface area contributed by atoms with Crippen molar-refractivity contribution in [1.29, 1.82) is 0 Å². The van der Waals surface area contributed by atoms with Gasteiger partial charge in [-0.25, -0.2) is 4.39 Å². The predicted molar refractivity (Wildman–Crippen MR) is 53.1 cm³/mol. The Balaban J connectivity index is 2.76. The van der Waals surface area contributed by atoms with Crippen LogP contribution in [0, 0.1) is 5.82 Å². The summed E-state index contributed by atoms with van der Waals surface area (Å²) in [5, 5.41) is 3.26. The summed E-state index contributed by atoms with van der Waals surface area (Å²) >= 11 is 0. The Bertz CT molecular complexity index is 271. The summed E-state index contributed by atoms with van der Waals surface area (Å²) < 4.78 is 13.3. The smallest absolute Gasteiger partial charge is 0.127 e. The van der Waals surface area contributed by atoms with Crippen molar-refractivity contribution >= 4 is 0 Å². The van der Waals surface area contributed by atoms with Crippen molar-refractivity contribution in [3.63, 3.8) is 0 Å². The zero-order valence-corrected chi connectivity index (χ0v) is 8.34. The van der Waals surface area contributed by atoms with E-state index >= 15 is 0 Å². The highest BCUT2D eigenvalue weighted by atomic mass is 19.1. The molecule has 1 aromatic rings. The molecule has 72 valence electrons. The molecule has 0 spiro atoms. The van der Waals surface area contributed by atoms with E-state index in [9.17, 15) is 4.39 Å². The third-order valence-electron chi connectivity index (χ3n) is 1.96. The number of hydrogen-bond donors (Lipinski definition) is 1. The molecule has 0 aliphatic rings. The molecule has 1 aromatic carbocycles. The Kier molecular flexibility index (Phi) is 3.43. The van der Waals surface area contributed by atoms with E-state index in [0.717, 1.165) is 5.56 Å². The average Bonchev–Trinajstić information content (AvgIpc) is 2.03. The van der Waals surface area contributed by atoms with Crippen LogP contribution >= 0.6 is 0 Å². The van der Waals surface area contributed by atoms with Gasteiger partial charge in [0.05, 0.1) is 0 Å². The average molecular weight is 181 g/mol. The van der Waals surface area contributed by atoms with Gasteiger partial charge < -0.3 is 5.32 Å². The third kappa shape index (κ3) is 2.81. The van der Waals surface area contributed by atoms with Crippen LogP contribution in [0.25, 0.3) is 0 Å². The zero-order valence-electron chi connectivity index (χ0n) is 8.34. The largest absolute Gasteiger partial charge is 0.308 e. The fourth-order valence-corrected chi connectivity index (χ4v) is 1.42. The molecule has 0 heterocycles. The van der Waals surface area contributed by atoms with E-state index in [1.165, 1.54) is 6.07 Å². The van der Waals surface area contributed by atoms with Gasteiger partial charge in [-0.15, -0.1) is 0 Å². The highest BCUT2D eigenvalue weighted by Gasteiger charge is 2.09. The summed E-state index contributed by atoms with van der Waals surface area (Å²) in [5.74, 6) is -0.136. The first-order valence-electron chi connectivity index (χ1n) is 4.61. The molecule has 0 aliphatic heterocycles. The quantitative estimate of drug-likeness (QED) is 0.756. The summed E-state index contributed by atoms with van der Waals surface area (Å²) in [6.45, 7) is 6.08. The summed E-state index contributed by atoms with van der Waals surface area (Å²) in [7, 11) is 0. The fraction of sp³-hybridized carbons (Fsp3) is 0.455. The minimum absolute atomic E-state index is 0.0706. The molecule has 1 rings (SSSR count). The van der Waals surface area contributed by atoms with Gasteiger partial charge in [0.2, 0.25) is 0 Å². The first kappa shape index (κ1) is 10.2. The van der Waals surface area contributed by atoms with E-state index in [0.29, 0.717) is 6.04 Å². The summed E-state index contributed by atoms with van der Waals surface area (Å²) in [6, 6.07) is 7.32. The van der Waals surface area contributed by atoms with Crippen molar-refractivity contribution in [3.8, 4) is 0 Å². The number of nitrogens with one attached hydrogen (secondary N) is 1. The van der Waals surface area contributed by atoms with E-state index < -0.39 is 0 Å². The molecule has 13 heavy (non-hydrogen) atoms. The van der Waals surface area contributed by atoms with Gasteiger partial charge in [-0.1, -0.05) is 32.0 Å². The monoisotopic (exact) mass is 181 g/mol. The molecule has 1 nitrogen and oxygen atoms in total. The summed E-state index contributed by atoms with van der Waals surface area (Å²) in [5.41, 5.74) is 0.733. The van der Waals surface area contributed by atoms with Crippen LogP contribution < -0.4 is 5.32 Å². The van der Waals surface area contributed by atoms with Gasteiger partial charge in [0.15, 0.2) is 0 Å². The van der Waals surface area contributed by atoms with E-state index in [1.807, 2.05) is 19.1 Å². The molecule has 0 amide bonds. The molecular weight excluding hydrogens is 165 g/mol. The Morgan fingerprint density at radius 1 is 1.15 bits per heavy atom. The van der Waals surface area contributed by atoms with E-state index in [2.05, 4.69) is 19.2 Å². The highest BCUT2D eigenvalue weighted by Crippen LogP contribution is 2.16. The molecule has 1 N–H and O–H groups in total. The second kappa shape index (κ2) is 4.38. The normalized spacial score (nSPS) is 13.3. The third-order valence-corrected chi connectivity index (χ3v) is 1.96. The fourth-order valence-electron chi connectivity index (χ4n) is 1.42. The number of benzene rings is 1. The second-order valence-corrected chi connectivity index (χ2v) is 3.56. The molecule has 0 saturated carbocycles. The molecule has 0 radical (unpaired) electrons. The summed E-state index contributed by atoms with van der Waals surface area (Å²) in [6.07, 6.45) is 0. The van der Waals surface area contributed by atoms with E-state index in [4.69, 9.17) is 0 Å². The Morgan fingerprint density at radius 2 is 1.77 bits per heavy atom. The molecule has 0 saturated heterocycles. The van der Waals surface area contributed by atoms with Gasteiger partial charge in [-0.05, 0) is 13.0 Å². The standard InChI is InChI=1S/C11H16FN/c1-8(2)13-9(3)10-6-4-5-7-11(10)12/h4-9,13H,1-3H3/t9-/m1/s1. The molecular formula is C11H16FN. The topological polar surface area (TPSA) is 12.0 Å². The van der Waals surface area contributed by atoms with Crippen LogP contribution in [-0.4, -0.2) is 6.04 Å². The maximum Gasteiger partial charge on any atom is 0.127 e. The van der Waals surface area contributed by atoms with Crippen LogP contribution in [0.15, 0.2) is 24.3 Å². The van der Waals surface area contributed by atoms with Crippen LogP contribution in [0.4, 0.5) is 4.39 Å². The number of halogens is 1. The summed E-state index contributed by atoms with van der Waals surface area (Å²) in [4.78, 5) is 0. The van der Waals surface area contributed by atoms with Gasteiger partial charge in [-0.3, -0.25) is 0 Å². The maximum absolute atomic E-state index is 13.3. The predicted octanol–water partition coefficient (Wildman–Crippen LogP) is 2.88. The molecule has 0 fully saturated rings. The minimum atomic E-state index is -0.136. The van der Waals surface area contributed by atoms with Crippen LogP contribution in [-0.2, 0) is 0 Å². The van der Waals surface area contributed by atoms with Crippen molar-refractivity contribution in [2.75, 3.05) is 0 Å². The van der Waals surface area contributed by atoms with Gasteiger partial charge in [-0.2, -0.15) is 0 Å². The lowest BCUT2D eigenvalue weighted by Gasteiger charge is -2.17. The van der Waals surface area contributed by atoms with Crippen molar-refractivity contribution in [2.45, 2.75) is 32.9 Å². The van der Waals surface area contributed by atoms with Crippen molar-refractivity contribution in [1.82, 2.24) is 5.32 Å². The van der Waals surface area contributed by atoms with Crippen LogP contribution in [0.2, 0.25) is 0 Å². The van der Waals surface area contributed by atoms with Crippen molar-refractivity contribution in [3.05, 3.63) is 35.6 Å². The van der Waals surface area contributed by atoms with Gasteiger partial charge in [0.25, 0.3) is 0 Å². The zero-order chi connectivity index (χ0) is 9.84. The van der Waals surface area contributed by atoms with Gasteiger partial charge in [0, 0.05) is 17.6 Å². The molecule has 0 aromatic heterocycles. The second-order valence-electron chi connectivity index (χ2n) is 3.56. The molecule has 0 bridgehead atoms. The maximum atomic E-state index is 13.3. The first-order valence-corrected chi connectivity index (χ1v) is 4.61. The van der Waals surface area contributed by atoms with E-state index in [1.54, 1.807) is 6.07 Å². The van der Waals surface area contributed by atoms with E-state index in [-0.39, 0.29) is 11.9 Å². The Labute approximate surface area is 79.0 Å². The molecule has 0 aliphatic carbocycles.